The SMILES string of the molecule is CC(C)(C)Nc1cc(C2CCCC2)nc(Nc2ccc(C3(C(=O)O)CCC3)cc2)n1. The second kappa shape index (κ2) is 7.89. The average Bonchev–Trinajstić information content (AvgIpc) is 3.15. The zero-order valence-electron chi connectivity index (χ0n) is 18.2. The van der Waals surface area contributed by atoms with Crippen LogP contribution in [0.25, 0.3) is 0 Å². The summed E-state index contributed by atoms with van der Waals surface area (Å²) in [5, 5.41) is 16.5. The lowest BCUT2D eigenvalue weighted by atomic mass is 9.64. The molecule has 160 valence electrons. The third-order valence-corrected chi connectivity index (χ3v) is 6.33. The first-order valence-corrected chi connectivity index (χ1v) is 11.0. The molecule has 6 heteroatoms. The van der Waals surface area contributed by atoms with E-state index in [9.17, 15) is 9.90 Å². The van der Waals surface area contributed by atoms with E-state index in [1.807, 2.05) is 24.3 Å². The summed E-state index contributed by atoms with van der Waals surface area (Å²) in [6, 6.07) is 9.79. The Morgan fingerprint density at radius 3 is 2.27 bits per heavy atom. The van der Waals surface area contributed by atoms with Gasteiger partial charge in [-0.1, -0.05) is 31.4 Å². The number of carboxylic acids is 1. The molecule has 0 atom stereocenters. The largest absolute Gasteiger partial charge is 0.481 e. The number of nitrogens with zero attached hydrogens (tertiary/aromatic N) is 2. The van der Waals surface area contributed by atoms with Gasteiger partial charge in [-0.2, -0.15) is 4.98 Å². The van der Waals surface area contributed by atoms with Crippen LogP contribution in [0, 0.1) is 0 Å². The molecule has 2 saturated carbocycles. The molecule has 0 saturated heterocycles. The molecular weight excluding hydrogens is 376 g/mol. The molecule has 0 bridgehead atoms. The Bertz CT molecular complexity index is 908. The maximum atomic E-state index is 11.8. The Morgan fingerprint density at radius 2 is 1.73 bits per heavy atom. The molecule has 0 aliphatic heterocycles. The smallest absolute Gasteiger partial charge is 0.314 e. The zero-order chi connectivity index (χ0) is 21.4. The number of aliphatic carboxylic acids is 1. The van der Waals surface area contributed by atoms with E-state index in [2.05, 4.69) is 42.5 Å². The Morgan fingerprint density at radius 1 is 1.07 bits per heavy atom. The molecule has 2 aromatic rings. The molecule has 0 amide bonds. The maximum absolute atomic E-state index is 11.8. The minimum Gasteiger partial charge on any atom is -0.481 e. The predicted octanol–water partition coefficient (Wildman–Crippen LogP) is 5.59. The van der Waals surface area contributed by atoms with Crippen molar-refractivity contribution < 1.29 is 9.90 Å². The molecule has 1 heterocycles. The average molecular weight is 409 g/mol. The molecule has 3 N–H and O–H groups in total. The van der Waals surface area contributed by atoms with E-state index in [4.69, 9.17) is 4.98 Å². The van der Waals surface area contributed by atoms with Gasteiger partial charge in [-0.05, 0) is 64.2 Å². The molecule has 0 radical (unpaired) electrons. The maximum Gasteiger partial charge on any atom is 0.314 e. The van der Waals surface area contributed by atoms with E-state index >= 15 is 0 Å². The summed E-state index contributed by atoms with van der Waals surface area (Å²) in [7, 11) is 0. The van der Waals surface area contributed by atoms with Crippen LogP contribution >= 0.6 is 0 Å². The fourth-order valence-corrected chi connectivity index (χ4v) is 4.56. The van der Waals surface area contributed by atoms with E-state index in [0.29, 0.717) is 24.7 Å². The summed E-state index contributed by atoms with van der Waals surface area (Å²) in [4.78, 5) is 21.2. The molecule has 2 aliphatic rings. The molecule has 1 aromatic carbocycles. The van der Waals surface area contributed by atoms with Crippen molar-refractivity contribution in [1.29, 1.82) is 0 Å². The van der Waals surface area contributed by atoms with Crippen molar-refractivity contribution in [3.63, 3.8) is 0 Å². The second-order valence-corrected chi connectivity index (χ2v) is 9.80. The van der Waals surface area contributed by atoms with Crippen LogP contribution in [0.5, 0.6) is 0 Å². The van der Waals surface area contributed by atoms with Crippen molar-refractivity contribution in [2.75, 3.05) is 10.6 Å². The summed E-state index contributed by atoms with van der Waals surface area (Å²) in [6.45, 7) is 6.36. The van der Waals surface area contributed by atoms with Gasteiger partial charge in [0.2, 0.25) is 5.95 Å². The Balaban J connectivity index is 1.58. The molecule has 4 rings (SSSR count). The fraction of sp³-hybridized carbons (Fsp3) is 0.542. The third-order valence-electron chi connectivity index (χ3n) is 6.33. The van der Waals surface area contributed by atoms with Gasteiger partial charge in [-0.15, -0.1) is 0 Å². The lowest BCUT2D eigenvalue weighted by molar-refractivity contribution is -0.147. The number of benzene rings is 1. The first kappa shape index (κ1) is 20.6. The minimum absolute atomic E-state index is 0.0891. The van der Waals surface area contributed by atoms with Gasteiger partial charge in [-0.25, -0.2) is 4.98 Å². The van der Waals surface area contributed by atoms with Crippen molar-refractivity contribution in [1.82, 2.24) is 9.97 Å². The van der Waals surface area contributed by atoms with Crippen molar-refractivity contribution in [2.24, 2.45) is 0 Å². The van der Waals surface area contributed by atoms with Crippen molar-refractivity contribution in [3.8, 4) is 0 Å². The standard InChI is InChI=1S/C24H32N4O2/c1-23(2,3)28-20-15-19(16-7-4-5-8-16)26-22(27-20)25-18-11-9-17(10-12-18)24(21(29)30)13-6-14-24/h9-12,15-16H,4-8,13-14H2,1-3H3,(H,29,30)(H2,25,26,27,28). The van der Waals surface area contributed by atoms with Crippen LogP contribution in [0.15, 0.2) is 30.3 Å². The Kier molecular flexibility index (Phi) is 5.43. The van der Waals surface area contributed by atoms with Crippen LogP contribution in [-0.4, -0.2) is 26.6 Å². The summed E-state index contributed by atoms with van der Waals surface area (Å²) >= 11 is 0. The highest BCUT2D eigenvalue weighted by atomic mass is 16.4. The molecule has 6 nitrogen and oxygen atoms in total. The van der Waals surface area contributed by atoms with Crippen LogP contribution in [0.1, 0.15) is 82.9 Å². The van der Waals surface area contributed by atoms with Crippen molar-refractivity contribution >= 4 is 23.4 Å². The number of nitrogens with one attached hydrogen (secondary N) is 2. The quantitative estimate of drug-likeness (QED) is 0.577. The normalized spacial score (nSPS) is 18.6. The van der Waals surface area contributed by atoms with Gasteiger partial charge in [0.25, 0.3) is 0 Å². The number of carboxylic acid groups (broad SMARTS) is 1. The third kappa shape index (κ3) is 4.27. The molecule has 0 spiro atoms. The highest BCUT2D eigenvalue weighted by molar-refractivity contribution is 5.82. The van der Waals surface area contributed by atoms with E-state index in [0.717, 1.165) is 29.2 Å². The summed E-state index contributed by atoms with van der Waals surface area (Å²) in [5.41, 5.74) is 2.04. The predicted molar refractivity (Wildman–Crippen MR) is 120 cm³/mol. The highest BCUT2D eigenvalue weighted by Crippen LogP contribution is 2.44. The molecular formula is C24H32N4O2. The molecule has 1 aromatic heterocycles. The number of rotatable bonds is 6. The van der Waals surface area contributed by atoms with Crippen LogP contribution in [0.3, 0.4) is 0 Å². The lowest BCUT2D eigenvalue weighted by Crippen LogP contribution is -2.42. The number of aromatic nitrogens is 2. The number of carbonyl (C=O) groups is 1. The summed E-state index contributed by atoms with van der Waals surface area (Å²) < 4.78 is 0. The lowest BCUT2D eigenvalue weighted by Gasteiger charge is -2.38. The van der Waals surface area contributed by atoms with Gasteiger partial charge >= 0.3 is 5.97 Å². The van der Waals surface area contributed by atoms with Crippen LogP contribution in [0.4, 0.5) is 17.5 Å². The summed E-state index contributed by atoms with van der Waals surface area (Å²) in [6.07, 6.45) is 7.26. The minimum atomic E-state index is -0.722. The summed E-state index contributed by atoms with van der Waals surface area (Å²) in [5.74, 6) is 1.18. The number of hydrogen-bond acceptors (Lipinski definition) is 5. The number of anilines is 3. The Hall–Kier alpha value is -2.63. The highest BCUT2D eigenvalue weighted by Gasteiger charge is 2.45. The fourth-order valence-electron chi connectivity index (χ4n) is 4.56. The van der Waals surface area contributed by atoms with E-state index in [1.54, 1.807) is 0 Å². The van der Waals surface area contributed by atoms with E-state index in [-0.39, 0.29) is 5.54 Å². The van der Waals surface area contributed by atoms with Crippen LogP contribution < -0.4 is 10.6 Å². The van der Waals surface area contributed by atoms with Crippen LogP contribution in [-0.2, 0) is 10.2 Å². The molecule has 2 fully saturated rings. The van der Waals surface area contributed by atoms with Gasteiger partial charge in [0, 0.05) is 23.2 Å². The zero-order valence-corrected chi connectivity index (χ0v) is 18.2. The van der Waals surface area contributed by atoms with Crippen LogP contribution in [0.2, 0.25) is 0 Å². The second-order valence-electron chi connectivity index (χ2n) is 9.80. The first-order valence-electron chi connectivity index (χ1n) is 11.0. The van der Waals surface area contributed by atoms with E-state index in [1.165, 1.54) is 25.7 Å². The topological polar surface area (TPSA) is 87.1 Å². The van der Waals surface area contributed by atoms with E-state index < -0.39 is 11.4 Å². The van der Waals surface area contributed by atoms with Gasteiger partial charge in [0.1, 0.15) is 5.82 Å². The van der Waals surface area contributed by atoms with Gasteiger partial charge < -0.3 is 15.7 Å². The van der Waals surface area contributed by atoms with Crippen molar-refractivity contribution in [3.05, 3.63) is 41.6 Å². The van der Waals surface area contributed by atoms with Gasteiger partial charge in [-0.3, -0.25) is 4.79 Å². The monoisotopic (exact) mass is 408 g/mol. The molecule has 0 unspecified atom stereocenters. The molecule has 2 aliphatic carbocycles. The first-order chi connectivity index (χ1) is 14.2. The van der Waals surface area contributed by atoms with Crippen molar-refractivity contribution in [2.45, 2.75) is 82.6 Å². The molecule has 30 heavy (non-hydrogen) atoms. The van der Waals surface area contributed by atoms with Gasteiger partial charge in [0.15, 0.2) is 0 Å². The Labute approximate surface area is 178 Å². The van der Waals surface area contributed by atoms with Gasteiger partial charge in [0.05, 0.1) is 11.1 Å². The number of hydrogen-bond donors (Lipinski definition) is 3.